The average Bonchev–Trinajstić information content (AvgIpc) is 2.55. The van der Waals surface area contributed by atoms with Crippen LogP contribution in [0, 0.1) is 0 Å². The van der Waals surface area contributed by atoms with E-state index in [0.717, 1.165) is 19.5 Å². The molecule has 0 aliphatic heterocycles. The summed E-state index contributed by atoms with van der Waals surface area (Å²) in [5.41, 5.74) is 8.77. The predicted molar refractivity (Wildman–Crippen MR) is 89.9 cm³/mol. The third-order valence-corrected chi connectivity index (χ3v) is 4.40. The van der Waals surface area contributed by atoms with Gasteiger partial charge in [0.2, 0.25) is 0 Å². The van der Waals surface area contributed by atoms with Gasteiger partial charge in [-0.15, -0.1) is 0 Å². The Labute approximate surface area is 128 Å². The molecular formula is C19H26N2. The van der Waals surface area contributed by atoms with Crippen molar-refractivity contribution >= 4 is 0 Å². The van der Waals surface area contributed by atoms with Gasteiger partial charge in [0.15, 0.2) is 0 Å². The number of benzene rings is 2. The number of hydrogen-bond acceptors (Lipinski definition) is 2. The molecule has 21 heavy (non-hydrogen) atoms. The van der Waals surface area contributed by atoms with Crippen molar-refractivity contribution in [2.45, 2.75) is 38.9 Å². The zero-order valence-electron chi connectivity index (χ0n) is 13.1. The van der Waals surface area contributed by atoms with E-state index in [-0.39, 0.29) is 5.54 Å². The van der Waals surface area contributed by atoms with E-state index in [0.29, 0.717) is 6.54 Å². The monoisotopic (exact) mass is 282 g/mol. The molecule has 1 unspecified atom stereocenters. The summed E-state index contributed by atoms with van der Waals surface area (Å²) in [5.74, 6) is 0. The third-order valence-electron chi connectivity index (χ3n) is 4.40. The zero-order valence-corrected chi connectivity index (χ0v) is 13.1. The Balaban J connectivity index is 2.22. The van der Waals surface area contributed by atoms with Crippen molar-refractivity contribution in [1.82, 2.24) is 4.90 Å². The van der Waals surface area contributed by atoms with Crippen molar-refractivity contribution in [3.8, 4) is 0 Å². The Bertz CT molecular complexity index is 476. The molecule has 2 rings (SSSR count). The van der Waals surface area contributed by atoms with Crippen LogP contribution in [-0.2, 0) is 13.1 Å². The van der Waals surface area contributed by atoms with Gasteiger partial charge in [0, 0.05) is 25.2 Å². The van der Waals surface area contributed by atoms with E-state index in [1.807, 2.05) is 0 Å². The lowest BCUT2D eigenvalue weighted by molar-refractivity contribution is 0.0886. The van der Waals surface area contributed by atoms with Crippen molar-refractivity contribution < 1.29 is 0 Å². The smallest absolute Gasteiger partial charge is 0.0308 e. The van der Waals surface area contributed by atoms with Gasteiger partial charge in [0.05, 0.1) is 0 Å². The summed E-state index contributed by atoms with van der Waals surface area (Å²) in [5, 5.41) is 0. The van der Waals surface area contributed by atoms with Gasteiger partial charge >= 0.3 is 0 Å². The predicted octanol–water partition coefficient (Wildman–Crippen LogP) is 3.82. The minimum absolute atomic E-state index is 0.0195. The van der Waals surface area contributed by atoms with E-state index < -0.39 is 0 Å². The normalized spacial score (nSPS) is 14.1. The summed E-state index contributed by atoms with van der Waals surface area (Å²) < 4.78 is 0. The van der Waals surface area contributed by atoms with Crippen molar-refractivity contribution in [1.29, 1.82) is 0 Å². The molecule has 0 spiro atoms. The maximum atomic E-state index is 6.08. The Kier molecular flexibility index (Phi) is 5.54. The van der Waals surface area contributed by atoms with E-state index in [4.69, 9.17) is 5.73 Å². The maximum absolute atomic E-state index is 6.08. The van der Waals surface area contributed by atoms with Gasteiger partial charge in [-0.25, -0.2) is 0 Å². The van der Waals surface area contributed by atoms with Crippen molar-refractivity contribution in [3.05, 3.63) is 71.8 Å². The summed E-state index contributed by atoms with van der Waals surface area (Å²) >= 11 is 0. The van der Waals surface area contributed by atoms with E-state index in [1.165, 1.54) is 11.1 Å². The Hall–Kier alpha value is -1.64. The number of rotatable bonds is 7. The lowest BCUT2D eigenvalue weighted by Crippen LogP contribution is -2.50. The second-order valence-electron chi connectivity index (χ2n) is 5.88. The van der Waals surface area contributed by atoms with Crippen LogP contribution in [0.1, 0.15) is 31.4 Å². The van der Waals surface area contributed by atoms with E-state index in [2.05, 4.69) is 79.4 Å². The second-order valence-corrected chi connectivity index (χ2v) is 5.88. The molecule has 1 atom stereocenters. The molecule has 0 aromatic heterocycles. The van der Waals surface area contributed by atoms with Crippen LogP contribution < -0.4 is 5.73 Å². The highest BCUT2D eigenvalue weighted by Crippen LogP contribution is 2.23. The lowest BCUT2D eigenvalue weighted by Gasteiger charge is -2.40. The molecule has 2 aromatic rings. The SMILES string of the molecule is CCC(C)(CN)N(Cc1ccccc1)Cc1ccccc1. The van der Waals surface area contributed by atoms with Crippen LogP contribution in [0.4, 0.5) is 0 Å². The Morgan fingerprint density at radius 1 is 0.857 bits per heavy atom. The van der Waals surface area contributed by atoms with Crippen molar-refractivity contribution in [2.24, 2.45) is 5.73 Å². The average molecular weight is 282 g/mol. The van der Waals surface area contributed by atoms with Gasteiger partial charge in [-0.2, -0.15) is 0 Å². The zero-order chi connectivity index (χ0) is 15.1. The molecule has 0 radical (unpaired) electrons. The minimum atomic E-state index is 0.0195. The summed E-state index contributed by atoms with van der Waals surface area (Å²) in [6.45, 7) is 7.01. The summed E-state index contributed by atoms with van der Waals surface area (Å²) in [7, 11) is 0. The topological polar surface area (TPSA) is 29.3 Å². The van der Waals surface area contributed by atoms with Crippen LogP contribution in [0.5, 0.6) is 0 Å². The number of nitrogens with zero attached hydrogens (tertiary/aromatic N) is 1. The molecule has 0 fully saturated rings. The molecule has 0 bridgehead atoms. The van der Waals surface area contributed by atoms with E-state index in [1.54, 1.807) is 0 Å². The van der Waals surface area contributed by atoms with Gasteiger partial charge in [0.25, 0.3) is 0 Å². The first-order chi connectivity index (χ1) is 10.2. The molecule has 112 valence electrons. The van der Waals surface area contributed by atoms with Crippen LogP contribution in [0.15, 0.2) is 60.7 Å². The van der Waals surface area contributed by atoms with Gasteiger partial charge in [-0.1, -0.05) is 67.6 Å². The first kappa shape index (κ1) is 15.7. The highest BCUT2D eigenvalue weighted by Gasteiger charge is 2.28. The van der Waals surface area contributed by atoms with E-state index in [9.17, 15) is 0 Å². The summed E-state index contributed by atoms with van der Waals surface area (Å²) in [6.07, 6.45) is 1.04. The summed E-state index contributed by atoms with van der Waals surface area (Å²) in [4.78, 5) is 2.50. The van der Waals surface area contributed by atoms with Crippen molar-refractivity contribution in [3.63, 3.8) is 0 Å². The quantitative estimate of drug-likeness (QED) is 0.836. The van der Waals surface area contributed by atoms with Crippen LogP contribution in [0.2, 0.25) is 0 Å². The fraction of sp³-hybridized carbons (Fsp3) is 0.368. The highest BCUT2D eigenvalue weighted by molar-refractivity contribution is 5.18. The molecule has 2 heteroatoms. The largest absolute Gasteiger partial charge is 0.329 e. The molecule has 0 heterocycles. The first-order valence-electron chi connectivity index (χ1n) is 7.71. The van der Waals surface area contributed by atoms with Crippen LogP contribution >= 0.6 is 0 Å². The van der Waals surface area contributed by atoms with Crippen LogP contribution in [-0.4, -0.2) is 17.0 Å². The molecule has 2 nitrogen and oxygen atoms in total. The van der Waals surface area contributed by atoms with Crippen molar-refractivity contribution in [2.75, 3.05) is 6.54 Å². The maximum Gasteiger partial charge on any atom is 0.0308 e. The molecule has 0 saturated carbocycles. The standard InChI is InChI=1S/C19H26N2/c1-3-19(2,16-20)21(14-17-10-6-4-7-11-17)15-18-12-8-5-9-13-18/h4-13H,3,14-16,20H2,1-2H3. The first-order valence-corrected chi connectivity index (χ1v) is 7.71. The number of hydrogen-bond donors (Lipinski definition) is 1. The van der Waals surface area contributed by atoms with Gasteiger partial charge < -0.3 is 5.73 Å². The molecular weight excluding hydrogens is 256 g/mol. The highest BCUT2D eigenvalue weighted by atomic mass is 15.2. The lowest BCUT2D eigenvalue weighted by atomic mass is 9.94. The molecule has 0 aliphatic carbocycles. The van der Waals surface area contributed by atoms with Crippen LogP contribution in [0.25, 0.3) is 0 Å². The molecule has 0 amide bonds. The van der Waals surface area contributed by atoms with Gasteiger partial charge in [-0.05, 0) is 24.5 Å². The molecule has 2 aromatic carbocycles. The molecule has 2 N–H and O–H groups in total. The summed E-state index contributed by atoms with van der Waals surface area (Å²) in [6, 6.07) is 21.3. The fourth-order valence-corrected chi connectivity index (χ4v) is 2.54. The minimum Gasteiger partial charge on any atom is -0.329 e. The molecule has 0 aliphatic rings. The Morgan fingerprint density at radius 2 is 1.29 bits per heavy atom. The molecule has 0 saturated heterocycles. The Morgan fingerprint density at radius 3 is 1.62 bits per heavy atom. The fourth-order valence-electron chi connectivity index (χ4n) is 2.54. The van der Waals surface area contributed by atoms with Gasteiger partial charge in [-0.3, -0.25) is 4.90 Å². The van der Waals surface area contributed by atoms with Gasteiger partial charge in [0.1, 0.15) is 0 Å². The second kappa shape index (κ2) is 7.39. The third kappa shape index (κ3) is 4.16. The van der Waals surface area contributed by atoms with Crippen LogP contribution in [0.3, 0.4) is 0 Å². The van der Waals surface area contributed by atoms with E-state index >= 15 is 0 Å². The number of nitrogens with two attached hydrogens (primary N) is 1.